The molecule has 1 heterocycles. The van der Waals surface area contributed by atoms with E-state index in [9.17, 15) is 0 Å². The fraction of sp³-hybridized carbons (Fsp3) is 0.308. The third-order valence-corrected chi connectivity index (χ3v) is 3.15. The van der Waals surface area contributed by atoms with Crippen molar-refractivity contribution in [2.24, 2.45) is 0 Å². The molecule has 0 N–H and O–H groups in total. The summed E-state index contributed by atoms with van der Waals surface area (Å²) < 4.78 is 8.72. The molecule has 0 aliphatic rings. The van der Waals surface area contributed by atoms with Crippen LogP contribution in [0.15, 0.2) is 36.7 Å². The fourth-order valence-electron chi connectivity index (χ4n) is 1.68. The number of hydrogen-bond acceptors (Lipinski definition) is 2. The van der Waals surface area contributed by atoms with Crippen LogP contribution in [-0.4, -0.2) is 22.8 Å². The van der Waals surface area contributed by atoms with Crippen molar-refractivity contribution in [3.8, 4) is 11.4 Å². The number of ether oxygens (including phenoxy) is 1. The van der Waals surface area contributed by atoms with Crippen molar-refractivity contribution in [3.63, 3.8) is 0 Å². The first-order valence-corrected chi connectivity index (χ1v) is 6.74. The minimum atomic E-state index is 0.726. The number of rotatable bonds is 5. The van der Waals surface area contributed by atoms with Crippen molar-refractivity contribution < 1.29 is 4.74 Å². The molecule has 0 saturated carbocycles. The van der Waals surface area contributed by atoms with Gasteiger partial charge in [0.1, 0.15) is 5.82 Å². The molecule has 4 heteroatoms. The van der Waals surface area contributed by atoms with Crippen LogP contribution in [-0.2, 0) is 11.3 Å². The SMILES string of the molecule is CCOCCn1ccnc1-c1cccc(I)c1. The molecule has 1 aromatic carbocycles. The third-order valence-electron chi connectivity index (χ3n) is 2.48. The summed E-state index contributed by atoms with van der Waals surface area (Å²) in [6.07, 6.45) is 3.83. The predicted molar refractivity (Wildman–Crippen MR) is 76.9 cm³/mol. The number of hydrogen-bond donors (Lipinski definition) is 0. The van der Waals surface area contributed by atoms with Gasteiger partial charge in [-0.25, -0.2) is 4.98 Å². The molecule has 0 spiro atoms. The Labute approximate surface area is 115 Å². The third kappa shape index (κ3) is 3.29. The Bertz CT molecular complexity index is 482. The van der Waals surface area contributed by atoms with E-state index in [1.807, 2.05) is 19.3 Å². The van der Waals surface area contributed by atoms with E-state index in [-0.39, 0.29) is 0 Å². The molecule has 0 aliphatic carbocycles. The second kappa shape index (κ2) is 6.16. The van der Waals surface area contributed by atoms with Gasteiger partial charge in [-0.2, -0.15) is 0 Å². The lowest BCUT2D eigenvalue weighted by molar-refractivity contribution is 0.139. The summed E-state index contributed by atoms with van der Waals surface area (Å²) in [5.74, 6) is 1.00. The maximum atomic E-state index is 5.37. The molecule has 17 heavy (non-hydrogen) atoms. The number of halogens is 1. The van der Waals surface area contributed by atoms with Crippen molar-refractivity contribution in [1.29, 1.82) is 0 Å². The maximum absolute atomic E-state index is 5.37. The van der Waals surface area contributed by atoms with Gasteiger partial charge in [-0.05, 0) is 41.6 Å². The summed E-state index contributed by atoms with van der Waals surface area (Å²) in [4.78, 5) is 4.41. The Balaban J connectivity index is 2.18. The average Bonchev–Trinajstić information content (AvgIpc) is 2.78. The second-order valence-electron chi connectivity index (χ2n) is 3.65. The first kappa shape index (κ1) is 12.6. The first-order chi connectivity index (χ1) is 8.31. The van der Waals surface area contributed by atoms with Gasteiger partial charge in [-0.1, -0.05) is 12.1 Å². The van der Waals surface area contributed by atoms with Gasteiger partial charge in [0.15, 0.2) is 0 Å². The maximum Gasteiger partial charge on any atom is 0.139 e. The zero-order valence-corrected chi connectivity index (χ0v) is 11.9. The van der Waals surface area contributed by atoms with Gasteiger partial charge in [0.2, 0.25) is 0 Å². The van der Waals surface area contributed by atoms with Crippen molar-refractivity contribution in [1.82, 2.24) is 9.55 Å². The smallest absolute Gasteiger partial charge is 0.139 e. The highest BCUT2D eigenvalue weighted by Gasteiger charge is 2.05. The molecule has 2 rings (SSSR count). The monoisotopic (exact) mass is 342 g/mol. The molecular formula is C13H15IN2O. The van der Waals surface area contributed by atoms with E-state index in [1.54, 1.807) is 0 Å². The van der Waals surface area contributed by atoms with Crippen LogP contribution in [0.4, 0.5) is 0 Å². The average molecular weight is 342 g/mol. The van der Waals surface area contributed by atoms with Crippen LogP contribution in [0.2, 0.25) is 0 Å². The van der Waals surface area contributed by atoms with E-state index in [1.165, 1.54) is 3.57 Å². The molecule has 90 valence electrons. The Hall–Kier alpha value is -0.880. The Morgan fingerprint density at radius 1 is 1.41 bits per heavy atom. The van der Waals surface area contributed by atoms with Crippen molar-refractivity contribution in [2.45, 2.75) is 13.5 Å². The molecule has 0 fully saturated rings. The van der Waals surface area contributed by atoms with Crippen LogP contribution in [0, 0.1) is 3.57 Å². The predicted octanol–water partition coefficient (Wildman–Crippen LogP) is 3.19. The molecule has 0 aliphatic heterocycles. The first-order valence-electron chi connectivity index (χ1n) is 5.66. The number of imidazole rings is 1. The van der Waals surface area contributed by atoms with Gasteiger partial charge in [-0.15, -0.1) is 0 Å². The molecule has 0 saturated heterocycles. The van der Waals surface area contributed by atoms with Gasteiger partial charge in [0.05, 0.1) is 6.61 Å². The number of aromatic nitrogens is 2. The van der Waals surface area contributed by atoms with Gasteiger partial charge in [0, 0.05) is 34.7 Å². The van der Waals surface area contributed by atoms with E-state index in [0.29, 0.717) is 0 Å². The van der Waals surface area contributed by atoms with E-state index in [0.717, 1.165) is 31.1 Å². The van der Waals surface area contributed by atoms with E-state index in [4.69, 9.17) is 4.74 Å². The second-order valence-corrected chi connectivity index (χ2v) is 4.90. The summed E-state index contributed by atoms with van der Waals surface area (Å²) in [6, 6.07) is 8.36. The standard InChI is InChI=1S/C13H15IN2O/c1-2-17-9-8-16-7-6-15-13(16)11-4-3-5-12(14)10-11/h3-7,10H,2,8-9H2,1H3. The summed E-state index contributed by atoms with van der Waals surface area (Å²) >= 11 is 2.32. The summed E-state index contributed by atoms with van der Waals surface area (Å²) in [7, 11) is 0. The van der Waals surface area contributed by atoms with Gasteiger partial charge in [0.25, 0.3) is 0 Å². The minimum absolute atomic E-state index is 0.726. The largest absolute Gasteiger partial charge is 0.380 e. The van der Waals surface area contributed by atoms with Crippen LogP contribution in [0.5, 0.6) is 0 Å². The van der Waals surface area contributed by atoms with Gasteiger partial charge in [-0.3, -0.25) is 0 Å². The van der Waals surface area contributed by atoms with Crippen molar-refractivity contribution in [3.05, 3.63) is 40.2 Å². The Morgan fingerprint density at radius 2 is 2.29 bits per heavy atom. The lowest BCUT2D eigenvalue weighted by atomic mass is 10.2. The number of nitrogens with zero attached hydrogens (tertiary/aromatic N) is 2. The molecule has 0 atom stereocenters. The van der Waals surface area contributed by atoms with Crippen LogP contribution in [0.25, 0.3) is 11.4 Å². The Morgan fingerprint density at radius 3 is 3.06 bits per heavy atom. The molecule has 1 aromatic heterocycles. The normalized spacial score (nSPS) is 10.7. The van der Waals surface area contributed by atoms with Crippen LogP contribution in [0.3, 0.4) is 0 Å². The lowest BCUT2D eigenvalue weighted by Gasteiger charge is -2.08. The van der Waals surface area contributed by atoms with Gasteiger partial charge < -0.3 is 9.30 Å². The van der Waals surface area contributed by atoms with Crippen LogP contribution < -0.4 is 0 Å². The molecule has 0 radical (unpaired) electrons. The number of benzene rings is 1. The highest BCUT2D eigenvalue weighted by molar-refractivity contribution is 14.1. The van der Waals surface area contributed by atoms with Gasteiger partial charge >= 0.3 is 0 Å². The zero-order valence-electron chi connectivity index (χ0n) is 9.77. The van der Waals surface area contributed by atoms with Crippen molar-refractivity contribution in [2.75, 3.05) is 13.2 Å². The highest BCUT2D eigenvalue weighted by Crippen LogP contribution is 2.19. The molecule has 0 amide bonds. The topological polar surface area (TPSA) is 27.1 Å². The zero-order chi connectivity index (χ0) is 12.1. The van der Waals surface area contributed by atoms with E-state index in [2.05, 4.69) is 56.4 Å². The highest BCUT2D eigenvalue weighted by atomic mass is 127. The van der Waals surface area contributed by atoms with E-state index < -0.39 is 0 Å². The van der Waals surface area contributed by atoms with E-state index >= 15 is 0 Å². The molecular weight excluding hydrogens is 327 g/mol. The molecule has 3 nitrogen and oxygen atoms in total. The fourth-order valence-corrected chi connectivity index (χ4v) is 2.23. The quantitative estimate of drug-likeness (QED) is 0.616. The summed E-state index contributed by atoms with van der Waals surface area (Å²) in [5.41, 5.74) is 1.15. The minimum Gasteiger partial charge on any atom is -0.380 e. The molecule has 0 unspecified atom stereocenters. The van der Waals surface area contributed by atoms with Crippen LogP contribution in [0.1, 0.15) is 6.92 Å². The summed E-state index contributed by atoms with van der Waals surface area (Å²) in [5, 5.41) is 0. The summed E-state index contributed by atoms with van der Waals surface area (Å²) in [6.45, 7) is 4.33. The lowest BCUT2D eigenvalue weighted by Crippen LogP contribution is -2.06. The van der Waals surface area contributed by atoms with Crippen LogP contribution >= 0.6 is 22.6 Å². The van der Waals surface area contributed by atoms with Crippen molar-refractivity contribution >= 4 is 22.6 Å². The molecule has 0 bridgehead atoms. The Kier molecular flexibility index (Phi) is 4.56. The molecule has 2 aromatic rings.